The molecule has 108 valence electrons. The molecule has 1 N–H and O–H groups in total. The van der Waals surface area contributed by atoms with Crippen molar-refractivity contribution in [2.45, 2.75) is 25.5 Å². The van der Waals surface area contributed by atoms with Gasteiger partial charge in [-0.15, -0.1) is 0 Å². The van der Waals surface area contributed by atoms with E-state index < -0.39 is 0 Å². The number of hydrogen-bond acceptors (Lipinski definition) is 4. The SMILES string of the molecule is O=[N+]([O-])c1cc(Br)ccc1CN1CC2CCC(O)C2C1. The molecule has 1 aliphatic carbocycles. The molecule has 20 heavy (non-hydrogen) atoms. The first-order valence-electron chi connectivity index (χ1n) is 6.88. The van der Waals surface area contributed by atoms with Gasteiger partial charge in [-0.2, -0.15) is 0 Å². The minimum absolute atomic E-state index is 0.164. The first-order chi connectivity index (χ1) is 9.54. The molecule has 1 aromatic rings. The van der Waals surface area contributed by atoms with Gasteiger partial charge in [0.25, 0.3) is 5.69 Å². The number of nitro groups is 1. The van der Waals surface area contributed by atoms with E-state index in [1.807, 2.05) is 12.1 Å². The van der Waals surface area contributed by atoms with Gasteiger partial charge in [0.15, 0.2) is 0 Å². The highest BCUT2D eigenvalue weighted by molar-refractivity contribution is 9.10. The minimum atomic E-state index is -0.328. The molecule has 6 heteroatoms. The highest BCUT2D eigenvalue weighted by atomic mass is 79.9. The van der Waals surface area contributed by atoms with Crippen LogP contribution in [0.5, 0.6) is 0 Å². The largest absolute Gasteiger partial charge is 0.393 e. The van der Waals surface area contributed by atoms with Crippen LogP contribution in [0.4, 0.5) is 5.69 Å². The fourth-order valence-electron chi connectivity index (χ4n) is 3.54. The predicted molar refractivity (Wildman–Crippen MR) is 78.3 cm³/mol. The molecular formula is C14H17BrN2O3. The number of benzene rings is 1. The van der Waals surface area contributed by atoms with Crippen molar-refractivity contribution in [1.82, 2.24) is 4.90 Å². The molecule has 3 rings (SSSR count). The summed E-state index contributed by atoms with van der Waals surface area (Å²) in [5.41, 5.74) is 0.907. The van der Waals surface area contributed by atoms with E-state index in [-0.39, 0.29) is 16.7 Å². The molecule has 2 aliphatic rings. The van der Waals surface area contributed by atoms with Crippen molar-refractivity contribution >= 4 is 21.6 Å². The topological polar surface area (TPSA) is 66.6 Å². The third-order valence-electron chi connectivity index (χ3n) is 4.53. The first kappa shape index (κ1) is 14.0. The van der Waals surface area contributed by atoms with Crippen LogP contribution in [-0.4, -0.2) is 34.1 Å². The maximum Gasteiger partial charge on any atom is 0.275 e. The van der Waals surface area contributed by atoms with Gasteiger partial charge in [-0.25, -0.2) is 0 Å². The van der Waals surface area contributed by atoms with Crippen LogP contribution < -0.4 is 0 Å². The summed E-state index contributed by atoms with van der Waals surface area (Å²) in [5, 5.41) is 21.0. The lowest BCUT2D eigenvalue weighted by atomic mass is 10.00. The van der Waals surface area contributed by atoms with Crippen LogP contribution in [0.3, 0.4) is 0 Å². The fourth-order valence-corrected chi connectivity index (χ4v) is 3.89. The number of halogens is 1. The molecule has 0 aromatic heterocycles. The number of aliphatic hydroxyl groups is 1. The maximum absolute atomic E-state index is 11.1. The second kappa shape index (κ2) is 5.42. The lowest BCUT2D eigenvalue weighted by Gasteiger charge is -2.18. The van der Waals surface area contributed by atoms with Crippen LogP contribution in [0.1, 0.15) is 18.4 Å². The molecule has 1 heterocycles. The number of nitrogens with zero attached hydrogens (tertiary/aromatic N) is 2. The van der Waals surface area contributed by atoms with Crippen molar-refractivity contribution in [1.29, 1.82) is 0 Å². The molecule has 0 bridgehead atoms. The van der Waals surface area contributed by atoms with Crippen LogP contribution >= 0.6 is 15.9 Å². The number of rotatable bonds is 3. The zero-order chi connectivity index (χ0) is 14.3. The molecule has 5 nitrogen and oxygen atoms in total. The molecule has 3 atom stereocenters. The van der Waals surface area contributed by atoms with E-state index >= 15 is 0 Å². The number of hydrogen-bond donors (Lipinski definition) is 1. The zero-order valence-corrected chi connectivity index (χ0v) is 12.6. The van der Waals surface area contributed by atoms with Gasteiger partial charge >= 0.3 is 0 Å². The average Bonchev–Trinajstić information content (AvgIpc) is 2.94. The normalized spacial score (nSPS) is 29.6. The van der Waals surface area contributed by atoms with Gasteiger partial charge in [0.1, 0.15) is 0 Å². The van der Waals surface area contributed by atoms with Crippen LogP contribution in [0.25, 0.3) is 0 Å². The Hall–Kier alpha value is -0.980. The Morgan fingerprint density at radius 3 is 2.90 bits per heavy atom. The van der Waals surface area contributed by atoms with Crippen LogP contribution in [0.2, 0.25) is 0 Å². The summed E-state index contributed by atoms with van der Waals surface area (Å²) >= 11 is 3.27. The van der Waals surface area contributed by atoms with Crippen LogP contribution in [0.15, 0.2) is 22.7 Å². The summed E-state index contributed by atoms with van der Waals surface area (Å²) in [6.07, 6.45) is 1.79. The first-order valence-corrected chi connectivity index (χ1v) is 7.67. The Labute approximate surface area is 125 Å². The summed E-state index contributed by atoms with van der Waals surface area (Å²) in [5.74, 6) is 0.906. The number of nitro benzene ring substituents is 1. The fraction of sp³-hybridized carbons (Fsp3) is 0.571. The van der Waals surface area contributed by atoms with Gasteiger partial charge in [-0.1, -0.05) is 15.9 Å². The number of likely N-dealkylation sites (tertiary alicyclic amines) is 1. The monoisotopic (exact) mass is 340 g/mol. The molecular weight excluding hydrogens is 324 g/mol. The Morgan fingerprint density at radius 2 is 2.20 bits per heavy atom. The molecule has 2 fully saturated rings. The summed E-state index contributed by atoms with van der Waals surface area (Å²) in [6, 6.07) is 5.21. The Balaban J connectivity index is 1.74. The number of fused-ring (bicyclic) bond motifs is 1. The lowest BCUT2D eigenvalue weighted by molar-refractivity contribution is -0.385. The van der Waals surface area contributed by atoms with Crippen molar-refractivity contribution in [3.05, 3.63) is 38.3 Å². The van der Waals surface area contributed by atoms with Crippen molar-refractivity contribution < 1.29 is 10.0 Å². The molecule has 1 saturated heterocycles. The average molecular weight is 341 g/mol. The molecule has 0 spiro atoms. The van der Waals surface area contributed by atoms with E-state index in [0.29, 0.717) is 18.4 Å². The second-order valence-electron chi connectivity index (χ2n) is 5.79. The van der Waals surface area contributed by atoms with Gasteiger partial charge in [-0.3, -0.25) is 15.0 Å². The lowest BCUT2D eigenvalue weighted by Crippen LogP contribution is -2.24. The summed E-state index contributed by atoms with van der Waals surface area (Å²) in [4.78, 5) is 13.0. The van der Waals surface area contributed by atoms with E-state index in [4.69, 9.17) is 0 Å². The molecule has 1 aromatic carbocycles. The summed E-state index contributed by atoms with van der Waals surface area (Å²) < 4.78 is 0.724. The highest BCUT2D eigenvalue weighted by Crippen LogP contribution is 2.39. The summed E-state index contributed by atoms with van der Waals surface area (Å²) in [7, 11) is 0. The van der Waals surface area contributed by atoms with E-state index in [9.17, 15) is 15.2 Å². The van der Waals surface area contributed by atoms with Gasteiger partial charge < -0.3 is 5.11 Å². The highest BCUT2D eigenvalue weighted by Gasteiger charge is 2.41. The molecule has 1 aliphatic heterocycles. The molecule has 1 saturated carbocycles. The smallest absolute Gasteiger partial charge is 0.275 e. The third-order valence-corrected chi connectivity index (χ3v) is 5.03. The quantitative estimate of drug-likeness (QED) is 0.678. The minimum Gasteiger partial charge on any atom is -0.393 e. The Morgan fingerprint density at radius 1 is 1.40 bits per heavy atom. The Bertz CT molecular complexity index is 537. The van der Waals surface area contributed by atoms with Crippen LogP contribution in [-0.2, 0) is 6.54 Å². The van der Waals surface area contributed by atoms with Gasteiger partial charge in [0.2, 0.25) is 0 Å². The molecule has 3 unspecified atom stereocenters. The van der Waals surface area contributed by atoms with Crippen molar-refractivity contribution in [3.63, 3.8) is 0 Å². The summed E-state index contributed by atoms with van der Waals surface area (Å²) in [6.45, 7) is 2.37. The van der Waals surface area contributed by atoms with E-state index in [0.717, 1.165) is 36.0 Å². The van der Waals surface area contributed by atoms with Crippen molar-refractivity contribution in [3.8, 4) is 0 Å². The number of aliphatic hydroxyl groups excluding tert-OH is 1. The second-order valence-corrected chi connectivity index (χ2v) is 6.71. The van der Waals surface area contributed by atoms with Crippen molar-refractivity contribution in [2.24, 2.45) is 11.8 Å². The van der Waals surface area contributed by atoms with Gasteiger partial charge in [-0.05, 0) is 30.9 Å². The van der Waals surface area contributed by atoms with E-state index in [2.05, 4.69) is 20.8 Å². The molecule has 0 amide bonds. The van der Waals surface area contributed by atoms with Gasteiger partial charge in [0.05, 0.1) is 11.0 Å². The molecule has 0 radical (unpaired) electrons. The van der Waals surface area contributed by atoms with Crippen molar-refractivity contribution in [2.75, 3.05) is 13.1 Å². The standard InChI is InChI=1S/C14H17BrN2O3/c15-11-3-1-10(13(5-11)17(19)20)7-16-6-9-2-4-14(18)12(9)8-16/h1,3,5,9,12,14,18H,2,4,6-8H2. The third kappa shape index (κ3) is 2.60. The van der Waals surface area contributed by atoms with E-state index in [1.54, 1.807) is 6.07 Å². The van der Waals surface area contributed by atoms with Gasteiger partial charge in [0, 0.05) is 41.7 Å². The predicted octanol–water partition coefficient (Wildman–Crippen LogP) is 2.56. The zero-order valence-electron chi connectivity index (χ0n) is 11.0. The maximum atomic E-state index is 11.1. The van der Waals surface area contributed by atoms with Crippen LogP contribution in [0, 0.1) is 22.0 Å². The Kier molecular flexibility index (Phi) is 3.79. The van der Waals surface area contributed by atoms with E-state index in [1.165, 1.54) is 0 Å².